The smallest absolute Gasteiger partial charge is 0.326 e. The van der Waals surface area contributed by atoms with Crippen molar-refractivity contribution in [1.29, 1.82) is 0 Å². The standard InChI is InChI=1S/C8H16N4O5/c9-7(16)10-2-3-11-8(17)12-5(1-4-13)6(14)15/h5,13H,1-4H2,(H,14,15)(H3,9,10,16)(H2,11,12,17)/t5-/m1/s1. The van der Waals surface area contributed by atoms with Crippen LogP contribution in [-0.4, -0.2) is 54.0 Å². The molecule has 9 nitrogen and oxygen atoms in total. The largest absolute Gasteiger partial charge is 0.480 e. The van der Waals surface area contributed by atoms with Gasteiger partial charge in [0.1, 0.15) is 6.04 Å². The van der Waals surface area contributed by atoms with E-state index < -0.39 is 24.1 Å². The zero-order chi connectivity index (χ0) is 13.3. The monoisotopic (exact) mass is 248 g/mol. The Kier molecular flexibility index (Phi) is 7.19. The Morgan fingerprint density at radius 1 is 1.18 bits per heavy atom. The fourth-order valence-electron chi connectivity index (χ4n) is 0.957. The summed E-state index contributed by atoms with van der Waals surface area (Å²) in [4.78, 5) is 32.1. The molecular formula is C8H16N4O5. The lowest BCUT2D eigenvalue weighted by Gasteiger charge is -2.13. The molecular weight excluding hydrogens is 232 g/mol. The van der Waals surface area contributed by atoms with Gasteiger partial charge in [-0.05, 0) is 0 Å². The van der Waals surface area contributed by atoms with Crippen molar-refractivity contribution in [2.24, 2.45) is 5.73 Å². The van der Waals surface area contributed by atoms with E-state index in [0.717, 1.165) is 0 Å². The predicted octanol–water partition coefficient (Wildman–Crippen LogP) is -2.21. The molecule has 0 aromatic rings. The third kappa shape index (κ3) is 7.85. The van der Waals surface area contributed by atoms with Crippen LogP contribution in [0.1, 0.15) is 6.42 Å². The average Bonchev–Trinajstić information content (AvgIpc) is 2.23. The van der Waals surface area contributed by atoms with Crippen LogP contribution in [-0.2, 0) is 4.79 Å². The van der Waals surface area contributed by atoms with Gasteiger partial charge in [0, 0.05) is 26.1 Å². The number of hydrogen-bond donors (Lipinski definition) is 6. The Morgan fingerprint density at radius 2 is 1.76 bits per heavy atom. The number of nitrogens with one attached hydrogen (secondary N) is 3. The third-order valence-electron chi connectivity index (χ3n) is 1.73. The highest BCUT2D eigenvalue weighted by Crippen LogP contribution is 1.90. The van der Waals surface area contributed by atoms with Crippen LogP contribution in [0.15, 0.2) is 0 Å². The molecule has 0 aliphatic carbocycles. The van der Waals surface area contributed by atoms with Crippen molar-refractivity contribution < 1.29 is 24.6 Å². The minimum Gasteiger partial charge on any atom is -0.480 e. The molecule has 0 unspecified atom stereocenters. The summed E-state index contributed by atoms with van der Waals surface area (Å²) in [6, 6.07) is -2.56. The Morgan fingerprint density at radius 3 is 2.24 bits per heavy atom. The summed E-state index contributed by atoms with van der Waals surface area (Å²) in [5.74, 6) is -1.23. The zero-order valence-corrected chi connectivity index (χ0v) is 9.10. The molecule has 0 aromatic carbocycles. The highest BCUT2D eigenvalue weighted by atomic mass is 16.4. The molecule has 98 valence electrons. The van der Waals surface area contributed by atoms with E-state index in [1.807, 2.05) is 0 Å². The number of amides is 4. The van der Waals surface area contributed by atoms with E-state index in [4.69, 9.17) is 15.9 Å². The number of aliphatic hydroxyl groups excluding tert-OH is 1. The maximum absolute atomic E-state index is 11.2. The zero-order valence-electron chi connectivity index (χ0n) is 9.10. The second-order valence-electron chi connectivity index (χ2n) is 3.09. The molecule has 1 atom stereocenters. The van der Waals surface area contributed by atoms with Gasteiger partial charge in [-0.3, -0.25) is 0 Å². The van der Waals surface area contributed by atoms with Gasteiger partial charge in [0.05, 0.1) is 0 Å². The molecule has 7 N–H and O–H groups in total. The van der Waals surface area contributed by atoms with Crippen molar-refractivity contribution in [1.82, 2.24) is 16.0 Å². The maximum Gasteiger partial charge on any atom is 0.326 e. The van der Waals surface area contributed by atoms with Crippen molar-refractivity contribution in [2.75, 3.05) is 19.7 Å². The van der Waals surface area contributed by atoms with Crippen LogP contribution in [0.5, 0.6) is 0 Å². The summed E-state index contributed by atoms with van der Waals surface area (Å²) in [6.07, 6.45) is -0.0811. The topological polar surface area (TPSA) is 154 Å². The Bertz CT molecular complexity index is 283. The number of aliphatic carboxylic acids is 1. The second-order valence-corrected chi connectivity index (χ2v) is 3.09. The van der Waals surface area contributed by atoms with Gasteiger partial charge < -0.3 is 31.9 Å². The number of carboxylic acids is 1. The third-order valence-corrected chi connectivity index (χ3v) is 1.73. The van der Waals surface area contributed by atoms with Crippen molar-refractivity contribution in [3.63, 3.8) is 0 Å². The summed E-state index contributed by atoms with van der Waals surface area (Å²) >= 11 is 0. The van der Waals surface area contributed by atoms with Crippen LogP contribution in [0.25, 0.3) is 0 Å². The van der Waals surface area contributed by atoms with Crippen LogP contribution in [0.4, 0.5) is 9.59 Å². The molecule has 0 bridgehead atoms. The van der Waals surface area contributed by atoms with E-state index in [0.29, 0.717) is 0 Å². The summed E-state index contributed by atoms with van der Waals surface area (Å²) in [7, 11) is 0. The van der Waals surface area contributed by atoms with Gasteiger partial charge in [-0.15, -0.1) is 0 Å². The minimum atomic E-state index is -1.23. The second kappa shape index (κ2) is 8.16. The summed E-state index contributed by atoms with van der Waals surface area (Å²) in [5, 5.41) is 24.0. The molecule has 0 spiro atoms. The minimum absolute atomic E-state index is 0.0811. The number of nitrogens with two attached hydrogens (primary N) is 1. The van der Waals surface area contributed by atoms with Crippen LogP contribution in [0.2, 0.25) is 0 Å². The van der Waals surface area contributed by atoms with E-state index >= 15 is 0 Å². The number of primary amides is 1. The number of carboxylic acid groups (broad SMARTS) is 1. The highest BCUT2D eigenvalue weighted by molar-refractivity contribution is 5.82. The average molecular weight is 248 g/mol. The molecule has 9 heteroatoms. The molecule has 0 rings (SSSR count). The number of rotatable bonds is 7. The lowest BCUT2D eigenvalue weighted by molar-refractivity contribution is -0.139. The lowest BCUT2D eigenvalue weighted by Crippen LogP contribution is -2.48. The van der Waals surface area contributed by atoms with E-state index in [1.165, 1.54) is 0 Å². The van der Waals surface area contributed by atoms with Gasteiger partial charge in [-0.2, -0.15) is 0 Å². The molecule has 0 saturated carbocycles. The molecule has 0 fully saturated rings. The van der Waals surface area contributed by atoms with Gasteiger partial charge in [-0.25, -0.2) is 14.4 Å². The number of aliphatic hydroxyl groups is 1. The van der Waals surface area contributed by atoms with Crippen molar-refractivity contribution in [3.8, 4) is 0 Å². The molecule has 17 heavy (non-hydrogen) atoms. The SMILES string of the molecule is NC(=O)NCCNC(=O)N[C@H](CCO)C(=O)O. The van der Waals surface area contributed by atoms with Crippen LogP contribution < -0.4 is 21.7 Å². The highest BCUT2D eigenvalue weighted by Gasteiger charge is 2.18. The molecule has 0 heterocycles. The van der Waals surface area contributed by atoms with Gasteiger partial charge in [0.15, 0.2) is 0 Å². The quantitative estimate of drug-likeness (QED) is 0.282. The Labute approximate surface area is 97.4 Å². The van der Waals surface area contributed by atoms with Crippen molar-refractivity contribution in [2.45, 2.75) is 12.5 Å². The molecule has 4 amide bonds. The lowest BCUT2D eigenvalue weighted by atomic mass is 10.2. The fraction of sp³-hybridized carbons (Fsp3) is 0.625. The van der Waals surface area contributed by atoms with Crippen LogP contribution in [0, 0.1) is 0 Å². The van der Waals surface area contributed by atoms with E-state index in [-0.39, 0.29) is 26.1 Å². The number of carbonyl (C=O) groups is 3. The van der Waals surface area contributed by atoms with E-state index in [2.05, 4.69) is 16.0 Å². The van der Waals surface area contributed by atoms with Crippen LogP contribution >= 0.6 is 0 Å². The normalized spacial score (nSPS) is 11.4. The summed E-state index contributed by atoms with van der Waals surface area (Å²) < 4.78 is 0. The molecule has 0 aliphatic heterocycles. The van der Waals surface area contributed by atoms with Crippen molar-refractivity contribution >= 4 is 18.0 Å². The van der Waals surface area contributed by atoms with Gasteiger partial charge in [0.25, 0.3) is 0 Å². The molecule has 0 aliphatic rings. The molecule has 0 radical (unpaired) electrons. The first-order valence-corrected chi connectivity index (χ1v) is 4.88. The fourth-order valence-corrected chi connectivity index (χ4v) is 0.957. The first kappa shape index (κ1) is 15.0. The molecule has 0 aromatic heterocycles. The predicted molar refractivity (Wildman–Crippen MR) is 57.2 cm³/mol. The first-order chi connectivity index (χ1) is 7.97. The van der Waals surface area contributed by atoms with Gasteiger partial charge in [0.2, 0.25) is 0 Å². The number of carbonyl (C=O) groups excluding carboxylic acids is 2. The van der Waals surface area contributed by atoms with Gasteiger partial charge >= 0.3 is 18.0 Å². The Balaban J connectivity index is 3.82. The van der Waals surface area contributed by atoms with E-state index in [1.54, 1.807) is 0 Å². The first-order valence-electron chi connectivity index (χ1n) is 4.88. The number of urea groups is 2. The summed E-state index contributed by atoms with van der Waals surface area (Å²) in [5.41, 5.74) is 4.79. The maximum atomic E-state index is 11.2. The van der Waals surface area contributed by atoms with Gasteiger partial charge in [-0.1, -0.05) is 0 Å². The number of hydrogen-bond acceptors (Lipinski definition) is 4. The molecule has 0 saturated heterocycles. The van der Waals surface area contributed by atoms with Crippen LogP contribution in [0.3, 0.4) is 0 Å². The van der Waals surface area contributed by atoms with E-state index in [9.17, 15) is 14.4 Å². The van der Waals surface area contributed by atoms with Crippen molar-refractivity contribution in [3.05, 3.63) is 0 Å². The Hall–Kier alpha value is -2.03. The summed E-state index contributed by atoms with van der Waals surface area (Å²) in [6.45, 7) is -0.0960.